The second-order valence-corrected chi connectivity index (χ2v) is 6.38. The minimum Gasteiger partial charge on any atom is -0.465 e. The van der Waals surface area contributed by atoms with Gasteiger partial charge in [-0.1, -0.05) is 36.4 Å². The highest BCUT2D eigenvalue weighted by molar-refractivity contribution is 5.93. The highest BCUT2D eigenvalue weighted by atomic mass is 16.5. The summed E-state index contributed by atoms with van der Waals surface area (Å²) < 4.78 is 7.06. The molecular formula is C22H24N2O2. The van der Waals surface area contributed by atoms with E-state index >= 15 is 0 Å². The van der Waals surface area contributed by atoms with Crippen molar-refractivity contribution in [3.63, 3.8) is 0 Å². The third-order valence-electron chi connectivity index (χ3n) is 4.48. The summed E-state index contributed by atoms with van der Waals surface area (Å²) in [4.78, 5) is 12.2. The van der Waals surface area contributed by atoms with E-state index in [1.54, 1.807) is 0 Å². The van der Waals surface area contributed by atoms with E-state index in [1.807, 2.05) is 44.2 Å². The number of methoxy groups -OCH3 is 1. The fourth-order valence-electron chi connectivity index (χ4n) is 3.15. The van der Waals surface area contributed by atoms with Gasteiger partial charge in [-0.2, -0.15) is 0 Å². The lowest BCUT2D eigenvalue weighted by Gasteiger charge is -2.15. The molecule has 3 aromatic rings. The molecule has 4 nitrogen and oxygen atoms in total. The van der Waals surface area contributed by atoms with Crippen LogP contribution in [0.5, 0.6) is 0 Å². The molecule has 0 fully saturated rings. The van der Waals surface area contributed by atoms with Gasteiger partial charge < -0.3 is 14.6 Å². The van der Waals surface area contributed by atoms with E-state index < -0.39 is 0 Å². The van der Waals surface area contributed by atoms with Crippen LogP contribution >= 0.6 is 0 Å². The Morgan fingerprint density at radius 2 is 1.58 bits per heavy atom. The molecule has 1 aromatic heterocycles. The molecule has 0 radical (unpaired) electrons. The van der Waals surface area contributed by atoms with Gasteiger partial charge in [-0.3, -0.25) is 0 Å². The van der Waals surface area contributed by atoms with E-state index in [2.05, 4.69) is 40.2 Å². The molecule has 26 heavy (non-hydrogen) atoms. The zero-order valence-corrected chi connectivity index (χ0v) is 15.5. The Labute approximate surface area is 154 Å². The Hall–Kier alpha value is -2.85. The summed E-state index contributed by atoms with van der Waals surface area (Å²) in [6.45, 7) is 5.60. The minimum atomic E-state index is -0.323. The van der Waals surface area contributed by atoms with Crippen LogP contribution in [0.3, 0.4) is 0 Å². The number of hydrogen-bond donors (Lipinski definition) is 1. The molecule has 0 unspecified atom stereocenters. The molecule has 0 saturated heterocycles. The number of ether oxygens (including phenoxy) is 1. The number of esters is 1. The molecule has 2 aromatic carbocycles. The first-order valence-electron chi connectivity index (χ1n) is 8.71. The average molecular weight is 348 g/mol. The number of aromatic nitrogens is 1. The van der Waals surface area contributed by atoms with Crippen LogP contribution in [0.25, 0.3) is 5.69 Å². The standard InChI is InChI=1S/C22H24N2O2/c1-16-9-10-17(2)24(16)21-13-19(11-12-20(21)22(25)26-3)15-23-14-18-7-5-4-6-8-18/h4-13,23H,14-15H2,1-3H3. The largest absolute Gasteiger partial charge is 0.465 e. The lowest BCUT2D eigenvalue weighted by Crippen LogP contribution is -2.15. The number of carbonyl (C=O) groups is 1. The number of carbonyl (C=O) groups excluding carboxylic acids is 1. The van der Waals surface area contributed by atoms with Crippen molar-refractivity contribution in [2.45, 2.75) is 26.9 Å². The molecular weight excluding hydrogens is 324 g/mol. The topological polar surface area (TPSA) is 43.3 Å². The summed E-state index contributed by atoms with van der Waals surface area (Å²) in [5.41, 5.74) is 5.97. The molecule has 0 aliphatic heterocycles. The van der Waals surface area contributed by atoms with E-state index in [4.69, 9.17) is 4.74 Å². The first kappa shape index (κ1) is 18.0. The van der Waals surface area contributed by atoms with Crippen LogP contribution in [0.4, 0.5) is 0 Å². The monoisotopic (exact) mass is 348 g/mol. The number of nitrogens with zero attached hydrogens (tertiary/aromatic N) is 1. The summed E-state index contributed by atoms with van der Waals surface area (Å²) >= 11 is 0. The minimum absolute atomic E-state index is 0.323. The van der Waals surface area contributed by atoms with Gasteiger partial charge >= 0.3 is 5.97 Å². The Balaban J connectivity index is 1.86. The van der Waals surface area contributed by atoms with E-state index in [0.717, 1.165) is 35.7 Å². The van der Waals surface area contributed by atoms with Crippen molar-refractivity contribution in [2.75, 3.05) is 7.11 Å². The molecule has 1 heterocycles. The van der Waals surface area contributed by atoms with Gasteiger partial charge in [-0.05, 0) is 49.2 Å². The third-order valence-corrected chi connectivity index (χ3v) is 4.48. The van der Waals surface area contributed by atoms with Crippen molar-refractivity contribution >= 4 is 5.97 Å². The number of aryl methyl sites for hydroxylation is 2. The lowest BCUT2D eigenvalue weighted by atomic mass is 10.1. The van der Waals surface area contributed by atoms with Crippen LogP contribution in [0.1, 0.15) is 32.9 Å². The van der Waals surface area contributed by atoms with Crippen LogP contribution in [0.2, 0.25) is 0 Å². The zero-order chi connectivity index (χ0) is 18.5. The fourth-order valence-corrected chi connectivity index (χ4v) is 3.15. The van der Waals surface area contributed by atoms with Gasteiger partial charge in [0, 0.05) is 24.5 Å². The molecule has 4 heteroatoms. The van der Waals surface area contributed by atoms with Crippen LogP contribution in [-0.2, 0) is 17.8 Å². The maximum absolute atomic E-state index is 12.2. The lowest BCUT2D eigenvalue weighted by molar-refractivity contribution is 0.0600. The predicted octanol–water partition coefficient (Wildman–Crippen LogP) is 4.17. The van der Waals surface area contributed by atoms with Crippen LogP contribution in [0.15, 0.2) is 60.7 Å². The molecule has 3 rings (SSSR count). The summed E-state index contributed by atoms with van der Waals surface area (Å²) in [6, 6.07) is 20.3. The van der Waals surface area contributed by atoms with Gasteiger partial charge in [0.1, 0.15) is 0 Å². The summed E-state index contributed by atoms with van der Waals surface area (Å²) in [5.74, 6) is -0.323. The van der Waals surface area contributed by atoms with E-state index in [-0.39, 0.29) is 5.97 Å². The van der Waals surface area contributed by atoms with Gasteiger partial charge in [0.2, 0.25) is 0 Å². The normalized spacial score (nSPS) is 10.7. The van der Waals surface area contributed by atoms with Crippen molar-refractivity contribution in [1.82, 2.24) is 9.88 Å². The molecule has 0 saturated carbocycles. The fraction of sp³-hybridized carbons (Fsp3) is 0.227. The molecule has 0 spiro atoms. The van der Waals surface area contributed by atoms with Gasteiger partial charge in [0.15, 0.2) is 0 Å². The highest BCUT2D eigenvalue weighted by Gasteiger charge is 2.16. The second-order valence-electron chi connectivity index (χ2n) is 6.38. The van der Waals surface area contributed by atoms with E-state index in [0.29, 0.717) is 5.56 Å². The maximum atomic E-state index is 12.2. The van der Waals surface area contributed by atoms with Gasteiger partial charge in [-0.25, -0.2) is 4.79 Å². The summed E-state index contributed by atoms with van der Waals surface area (Å²) in [7, 11) is 1.41. The third kappa shape index (κ3) is 3.86. The molecule has 0 aliphatic carbocycles. The van der Waals surface area contributed by atoms with Crippen molar-refractivity contribution < 1.29 is 9.53 Å². The average Bonchev–Trinajstić information content (AvgIpc) is 3.00. The van der Waals surface area contributed by atoms with E-state index in [9.17, 15) is 4.79 Å². The van der Waals surface area contributed by atoms with Crippen LogP contribution in [-0.4, -0.2) is 17.6 Å². The van der Waals surface area contributed by atoms with Crippen molar-refractivity contribution in [3.8, 4) is 5.69 Å². The number of nitrogens with one attached hydrogen (secondary N) is 1. The second kappa shape index (κ2) is 8.02. The molecule has 134 valence electrons. The smallest absolute Gasteiger partial charge is 0.339 e. The van der Waals surface area contributed by atoms with Crippen LogP contribution in [0, 0.1) is 13.8 Å². The molecule has 0 bridgehead atoms. The molecule has 0 atom stereocenters. The van der Waals surface area contributed by atoms with Gasteiger partial charge in [0.25, 0.3) is 0 Å². The summed E-state index contributed by atoms with van der Waals surface area (Å²) in [6.07, 6.45) is 0. The van der Waals surface area contributed by atoms with Crippen molar-refractivity contribution in [3.05, 3.63) is 88.7 Å². The first-order valence-corrected chi connectivity index (χ1v) is 8.71. The predicted molar refractivity (Wildman–Crippen MR) is 104 cm³/mol. The zero-order valence-electron chi connectivity index (χ0n) is 15.5. The SMILES string of the molecule is COC(=O)c1ccc(CNCc2ccccc2)cc1-n1c(C)ccc1C. The van der Waals surface area contributed by atoms with Gasteiger partial charge in [-0.15, -0.1) is 0 Å². The Bertz CT molecular complexity index is 878. The van der Waals surface area contributed by atoms with Crippen molar-refractivity contribution in [2.24, 2.45) is 0 Å². The Morgan fingerprint density at radius 3 is 2.23 bits per heavy atom. The first-order chi connectivity index (χ1) is 12.6. The number of hydrogen-bond acceptors (Lipinski definition) is 3. The summed E-state index contributed by atoms with van der Waals surface area (Å²) in [5, 5.41) is 3.46. The Kier molecular flexibility index (Phi) is 5.54. The maximum Gasteiger partial charge on any atom is 0.339 e. The highest BCUT2D eigenvalue weighted by Crippen LogP contribution is 2.23. The van der Waals surface area contributed by atoms with Crippen LogP contribution < -0.4 is 5.32 Å². The van der Waals surface area contributed by atoms with Crippen molar-refractivity contribution in [1.29, 1.82) is 0 Å². The molecule has 1 N–H and O–H groups in total. The molecule has 0 aliphatic rings. The van der Waals surface area contributed by atoms with E-state index in [1.165, 1.54) is 12.7 Å². The number of rotatable bonds is 6. The number of benzene rings is 2. The quantitative estimate of drug-likeness (QED) is 0.680. The van der Waals surface area contributed by atoms with Gasteiger partial charge in [0.05, 0.1) is 18.4 Å². The molecule has 0 amide bonds. The Morgan fingerprint density at radius 1 is 0.923 bits per heavy atom.